The summed E-state index contributed by atoms with van der Waals surface area (Å²) in [5.41, 5.74) is 7.76. The van der Waals surface area contributed by atoms with Crippen molar-refractivity contribution in [2.75, 3.05) is 0 Å². The molecule has 1 N–H and O–H groups in total. The fourth-order valence-electron chi connectivity index (χ4n) is 3.10. The van der Waals surface area contributed by atoms with E-state index in [1.165, 1.54) is 0 Å². The second-order valence-corrected chi connectivity index (χ2v) is 6.55. The van der Waals surface area contributed by atoms with Crippen molar-refractivity contribution in [2.24, 2.45) is 5.10 Å². The zero-order valence-electron chi connectivity index (χ0n) is 15.5. The number of benzene rings is 3. The maximum atomic E-state index is 12.8. The monoisotopic (exact) mass is 365 g/mol. The summed E-state index contributed by atoms with van der Waals surface area (Å²) in [7, 11) is 0. The standard InChI is InChI=1S/C24H19N3O/c1-17-8-7-9-18(14-17)16-25-27-24(28)21-15-23(19-10-3-2-4-11-19)26-22-13-6-5-12-20(21)22/h2-16H,1H3,(H,27,28)/b25-16+. The van der Waals surface area contributed by atoms with Crippen LogP contribution in [0, 0.1) is 6.92 Å². The molecule has 0 atom stereocenters. The van der Waals surface area contributed by atoms with Crippen LogP contribution in [0.4, 0.5) is 0 Å². The zero-order valence-corrected chi connectivity index (χ0v) is 15.5. The molecule has 1 aromatic heterocycles. The Bertz CT molecular complexity index is 1170. The first-order chi connectivity index (χ1) is 13.7. The molecule has 0 saturated heterocycles. The molecule has 1 amide bonds. The van der Waals surface area contributed by atoms with E-state index in [4.69, 9.17) is 4.98 Å². The molecule has 4 rings (SSSR count). The fraction of sp³-hybridized carbons (Fsp3) is 0.0417. The molecule has 4 nitrogen and oxygen atoms in total. The smallest absolute Gasteiger partial charge is 0.267 e. The number of pyridine rings is 1. The maximum Gasteiger partial charge on any atom is 0.272 e. The molecule has 0 unspecified atom stereocenters. The van der Waals surface area contributed by atoms with Crippen molar-refractivity contribution in [1.82, 2.24) is 10.4 Å². The molecule has 0 aliphatic heterocycles. The van der Waals surface area contributed by atoms with Gasteiger partial charge >= 0.3 is 0 Å². The minimum absolute atomic E-state index is 0.264. The Labute approximate surface area is 163 Å². The van der Waals surface area contributed by atoms with Crippen molar-refractivity contribution < 1.29 is 4.79 Å². The van der Waals surface area contributed by atoms with Crippen molar-refractivity contribution in [3.63, 3.8) is 0 Å². The number of carbonyl (C=O) groups excluding carboxylic acids is 1. The highest BCUT2D eigenvalue weighted by Gasteiger charge is 2.13. The summed E-state index contributed by atoms with van der Waals surface area (Å²) in [5, 5.41) is 4.92. The molecule has 4 aromatic rings. The summed E-state index contributed by atoms with van der Waals surface area (Å²) < 4.78 is 0. The van der Waals surface area contributed by atoms with Crippen LogP contribution in [0.1, 0.15) is 21.5 Å². The van der Waals surface area contributed by atoms with Gasteiger partial charge in [0.15, 0.2) is 0 Å². The molecule has 136 valence electrons. The van der Waals surface area contributed by atoms with Gasteiger partial charge in [0.2, 0.25) is 0 Å². The van der Waals surface area contributed by atoms with Gasteiger partial charge in [-0.05, 0) is 24.6 Å². The quantitative estimate of drug-likeness (QED) is 0.410. The van der Waals surface area contributed by atoms with E-state index in [0.717, 1.165) is 33.3 Å². The average Bonchev–Trinajstić information content (AvgIpc) is 2.73. The van der Waals surface area contributed by atoms with E-state index in [1.807, 2.05) is 91.9 Å². The molecule has 0 fully saturated rings. The number of aromatic nitrogens is 1. The Balaban J connectivity index is 1.67. The third-order valence-electron chi connectivity index (χ3n) is 4.45. The number of rotatable bonds is 4. The second kappa shape index (κ2) is 7.84. The van der Waals surface area contributed by atoms with E-state index in [0.29, 0.717) is 5.56 Å². The minimum atomic E-state index is -0.264. The predicted molar refractivity (Wildman–Crippen MR) is 113 cm³/mol. The van der Waals surface area contributed by atoms with Gasteiger partial charge < -0.3 is 0 Å². The number of aryl methyl sites for hydroxylation is 1. The summed E-state index contributed by atoms with van der Waals surface area (Å²) in [6.07, 6.45) is 1.65. The third kappa shape index (κ3) is 3.81. The molecule has 0 aliphatic rings. The van der Waals surface area contributed by atoms with Crippen molar-refractivity contribution in [3.05, 3.63) is 102 Å². The lowest BCUT2D eigenvalue weighted by atomic mass is 10.0. The van der Waals surface area contributed by atoms with Gasteiger partial charge in [-0.25, -0.2) is 10.4 Å². The number of amides is 1. The number of hydrogen-bond donors (Lipinski definition) is 1. The van der Waals surface area contributed by atoms with Crippen LogP contribution in [0.2, 0.25) is 0 Å². The lowest BCUT2D eigenvalue weighted by molar-refractivity contribution is 0.0957. The van der Waals surface area contributed by atoms with Crippen molar-refractivity contribution in [2.45, 2.75) is 6.92 Å². The topological polar surface area (TPSA) is 54.4 Å². The predicted octanol–water partition coefficient (Wildman–Crippen LogP) is 4.97. The van der Waals surface area contributed by atoms with Crippen LogP contribution < -0.4 is 5.43 Å². The van der Waals surface area contributed by atoms with Gasteiger partial charge in [-0.3, -0.25) is 4.79 Å². The van der Waals surface area contributed by atoms with Crippen LogP contribution in [-0.4, -0.2) is 17.1 Å². The number of hydrogen-bond acceptors (Lipinski definition) is 3. The van der Waals surface area contributed by atoms with Crippen LogP contribution in [0.15, 0.2) is 90.0 Å². The fourth-order valence-corrected chi connectivity index (χ4v) is 3.10. The van der Waals surface area contributed by atoms with E-state index in [9.17, 15) is 4.79 Å². The summed E-state index contributed by atoms with van der Waals surface area (Å²) >= 11 is 0. The summed E-state index contributed by atoms with van der Waals surface area (Å²) in [6, 6.07) is 27.2. The number of carbonyl (C=O) groups is 1. The number of fused-ring (bicyclic) bond motifs is 1. The van der Waals surface area contributed by atoms with Crippen LogP contribution >= 0.6 is 0 Å². The largest absolute Gasteiger partial charge is 0.272 e. The summed E-state index contributed by atoms with van der Waals surface area (Å²) in [5.74, 6) is -0.264. The van der Waals surface area contributed by atoms with Gasteiger partial charge in [0.25, 0.3) is 5.91 Å². The van der Waals surface area contributed by atoms with Gasteiger partial charge in [-0.15, -0.1) is 0 Å². The molecule has 0 aliphatic carbocycles. The Morgan fingerprint density at radius 1 is 0.929 bits per heavy atom. The third-order valence-corrected chi connectivity index (χ3v) is 4.45. The lowest BCUT2D eigenvalue weighted by Gasteiger charge is -2.09. The molecular formula is C24H19N3O. The number of nitrogens with zero attached hydrogens (tertiary/aromatic N) is 2. The first-order valence-corrected chi connectivity index (χ1v) is 9.06. The van der Waals surface area contributed by atoms with E-state index >= 15 is 0 Å². The van der Waals surface area contributed by atoms with Gasteiger partial charge in [0.1, 0.15) is 0 Å². The Hall–Kier alpha value is -3.79. The van der Waals surface area contributed by atoms with E-state index < -0.39 is 0 Å². The first-order valence-electron chi connectivity index (χ1n) is 9.06. The Morgan fingerprint density at radius 3 is 2.54 bits per heavy atom. The minimum Gasteiger partial charge on any atom is -0.267 e. The number of para-hydroxylation sites is 1. The normalized spacial score (nSPS) is 11.0. The summed E-state index contributed by atoms with van der Waals surface area (Å²) in [4.78, 5) is 17.6. The second-order valence-electron chi connectivity index (χ2n) is 6.55. The van der Waals surface area contributed by atoms with Crippen LogP contribution in [0.5, 0.6) is 0 Å². The average molecular weight is 365 g/mol. The molecule has 0 bridgehead atoms. The molecule has 0 saturated carbocycles. The van der Waals surface area contributed by atoms with Crippen molar-refractivity contribution in [1.29, 1.82) is 0 Å². The first kappa shape index (κ1) is 17.6. The van der Waals surface area contributed by atoms with Crippen LogP contribution in [0.3, 0.4) is 0 Å². The highest BCUT2D eigenvalue weighted by molar-refractivity contribution is 6.07. The van der Waals surface area contributed by atoms with E-state index in [-0.39, 0.29) is 5.91 Å². The highest BCUT2D eigenvalue weighted by atomic mass is 16.2. The Morgan fingerprint density at radius 2 is 1.71 bits per heavy atom. The van der Waals surface area contributed by atoms with E-state index in [1.54, 1.807) is 6.21 Å². The molecule has 0 spiro atoms. The van der Waals surface area contributed by atoms with Gasteiger partial charge in [0.05, 0.1) is 23.0 Å². The van der Waals surface area contributed by atoms with Crippen LogP contribution in [-0.2, 0) is 0 Å². The van der Waals surface area contributed by atoms with Gasteiger partial charge in [0, 0.05) is 10.9 Å². The number of hydrazone groups is 1. The van der Waals surface area contributed by atoms with Gasteiger partial charge in [-0.2, -0.15) is 5.10 Å². The Kier molecular flexibility index (Phi) is 4.93. The van der Waals surface area contributed by atoms with Gasteiger partial charge in [-0.1, -0.05) is 78.4 Å². The van der Waals surface area contributed by atoms with Crippen molar-refractivity contribution in [3.8, 4) is 11.3 Å². The summed E-state index contributed by atoms with van der Waals surface area (Å²) in [6.45, 7) is 2.02. The molecule has 0 radical (unpaired) electrons. The molecule has 1 heterocycles. The van der Waals surface area contributed by atoms with Crippen LogP contribution in [0.25, 0.3) is 22.2 Å². The zero-order chi connectivity index (χ0) is 19.3. The highest BCUT2D eigenvalue weighted by Crippen LogP contribution is 2.24. The molecular weight excluding hydrogens is 346 g/mol. The molecule has 3 aromatic carbocycles. The molecule has 4 heteroatoms. The molecule has 28 heavy (non-hydrogen) atoms. The SMILES string of the molecule is Cc1cccc(/C=N/NC(=O)c2cc(-c3ccccc3)nc3ccccc23)c1. The van der Waals surface area contributed by atoms with Crippen molar-refractivity contribution >= 4 is 23.0 Å². The number of nitrogens with one attached hydrogen (secondary N) is 1. The lowest BCUT2D eigenvalue weighted by Crippen LogP contribution is -2.18. The van der Waals surface area contributed by atoms with E-state index in [2.05, 4.69) is 10.5 Å². The maximum absolute atomic E-state index is 12.8.